The van der Waals surface area contributed by atoms with Gasteiger partial charge in [0.05, 0.1) is 0 Å². The van der Waals surface area contributed by atoms with Crippen LogP contribution in [-0.2, 0) is 0 Å². The lowest BCUT2D eigenvalue weighted by molar-refractivity contribution is 1.46. The molecule has 0 atom stereocenters. The van der Waals surface area contributed by atoms with Crippen molar-refractivity contribution in [3.05, 3.63) is 35.4 Å². The summed E-state index contributed by atoms with van der Waals surface area (Å²) in [6.45, 7) is 3.89. The van der Waals surface area contributed by atoms with E-state index < -0.39 is 0 Å². The normalized spacial score (nSPS) is 11.8. The zero-order valence-electron chi connectivity index (χ0n) is 7.26. The van der Waals surface area contributed by atoms with Gasteiger partial charge in [0, 0.05) is 16.3 Å². The smallest absolute Gasteiger partial charge is 0.0456 e. The van der Waals surface area contributed by atoms with E-state index in [0.29, 0.717) is 5.03 Å². The first-order valence-electron chi connectivity index (χ1n) is 3.83. The molecule has 0 saturated carbocycles. The standard InChI is InChI=1S/C10H12ClN/c1-3-9(11)8-5-4-7(2)6-10(8)12/h3-6H,12H2,1-2H3/b9-3+. The monoisotopic (exact) mass is 181 g/mol. The highest BCUT2D eigenvalue weighted by atomic mass is 35.5. The predicted molar refractivity (Wildman–Crippen MR) is 55.1 cm³/mol. The lowest BCUT2D eigenvalue weighted by atomic mass is 10.1. The van der Waals surface area contributed by atoms with Crippen LogP contribution in [0.5, 0.6) is 0 Å². The first-order valence-corrected chi connectivity index (χ1v) is 4.21. The molecule has 0 fully saturated rings. The van der Waals surface area contributed by atoms with Crippen LogP contribution in [-0.4, -0.2) is 0 Å². The quantitative estimate of drug-likeness (QED) is 0.662. The molecule has 0 radical (unpaired) electrons. The average molecular weight is 182 g/mol. The summed E-state index contributed by atoms with van der Waals surface area (Å²) in [5, 5.41) is 0.701. The Morgan fingerprint density at radius 1 is 1.50 bits per heavy atom. The van der Waals surface area contributed by atoms with E-state index in [1.165, 1.54) is 0 Å². The zero-order chi connectivity index (χ0) is 9.14. The van der Waals surface area contributed by atoms with Crippen molar-refractivity contribution in [2.24, 2.45) is 0 Å². The summed E-state index contributed by atoms with van der Waals surface area (Å²) in [4.78, 5) is 0. The number of rotatable bonds is 1. The van der Waals surface area contributed by atoms with Gasteiger partial charge in [0.2, 0.25) is 0 Å². The van der Waals surface area contributed by atoms with Gasteiger partial charge in [-0.05, 0) is 25.5 Å². The van der Waals surface area contributed by atoms with E-state index in [2.05, 4.69) is 0 Å². The van der Waals surface area contributed by atoms with Crippen molar-refractivity contribution in [2.75, 3.05) is 5.73 Å². The van der Waals surface area contributed by atoms with Gasteiger partial charge in [-0.1, -0.05) is 29.8 Å². The molecular weight excluding hydrogens is 170 g/mol. The number of nitrogen functional groups attached to an aromatic ring is 1. The van der Waals surface area contributed by atoms with E-state index in [-0.39, 0.29) is 0 Å². The summed E-state index contributed by atoms with van der Waals surface area (Å²) in [6, 6.07) is 5.85. The number of nitrogens with two attached hydrogens (primary N) is 1. The third kappa shape index (κ3) is 1.80. The molecule has 0 aromatic heterocycles. The fourth-order valence-corrected chi connectivity index (χ4v) is 1.23. The number of halogens is 1. The molecular formula is C10H12ClN. The van der Waals surface area contributed by atoms with Crippen LogP contribution in [0.1, 0.15) is 18.1 Å². The van der Waals surface area contributed by atoms with Gasteiger partial charge in [-0.15, -0.1) is 0 Å². The highest BCUT2D eigenvalue weighted by Gasteiger charge is 2.01. The summed E-state index contributed by atoms with van der Waals surface area (Å²) >= 11 is 5.93. The van der Waals surface area contributed by atoms with E-state index in [9.17, 15) is 0 Å². The van der Waals surface area contributed by atoms with Crippen molar-refractivity contribution in [3.8, 4) is 0 Å². The van der Waals surface area contributed by atoms with Crippen molar-refractivity contribution >= 4 is 22.3 Å². The molecule has 1 rings (SSSR count). The molecule has 1 aromatic carbocycles. The van der Waals surface area contributed by atoms with Crippen LogP contribution in [0.15, 0.2) is 24.3 Å². The fraction of sp³-hybridized carbons (Fsp3) is 0.200. The van der Waals surface area contributed by atoms with Crippen LogP contribution in [0.2, 0.25) is 0 Å². The highest BCUT2D eigenvalue weighted by Crippen LogP contribution is 2.25. The van der Waals surface area contributed by atoms with Gasteiger partial charge in [-0.2, -0.15) is 0 Å². The van der Waals surface area contributed by atoms with Gasteiger partial charge in [0.1, 0.15) is 0 Å². The van der Waals surface area contributed by atoms with Crippen molar-refractivity contribution in [1.82, 2.24) is 0 Å². The summed E-state index contributed by atoms with van der Waals surface area (Å²) in [6.07, 6.45) is 1.84. The van der Waals surface area contributed by atoms with Gasteiger partial charge in [-0.25, -0.2) is 0 Å². The van der Waals surface area contributed by atoms with Crippen LogP contribution in [0.25, 0.3) is 5.03 Å². The lowest BCUT2D eigenvalue weighted by Crippen LogP contribution is -1.91. The number of hydrogen-bond donors (Lipinski definition) is 1. The molecule has 12 heavy (non-hydrogen) atoms. The molecule has 0 saturated heterocycles. The predicted octanol–water partition coefficient (Wildman–Crippen LogP) is 3.18. The van der Waals surface area contributed by atoms with Gasteiger partial charge < -0.3 is 5.73 Å². The van der Waals surface area contributed by atoms with Gasteiger partial charge in [-0.3, -0.25) is 0 Å². The molecule has 0 aliphatic heterocycles. The molecule has 0 bridgehead atoms. The summed E-state index contributed by atoms with van der Waals surface area (Å²) in [7, 11) is 0. The lowest BCUT2D eigenvalue weighted by Gasteiger charge is -2.04. The van der Waals surface area contributed by atoms with E-state index in [0.717, 1.165) is 16.8 Å². The third-order valence-electron chi connectivity index (χ3n) is 1.72. The third-order valence-corrected chi connectivity index (χ3v) is 2.14. The number of aryl methyl sites for hydroxylation is 1. The number of benzene rings is 1. The fourth-order valence-electron chi connectivity index (χ4n) is 1.06. The molecule has 0 unspecified atom stereocenters. The van der Waals surface area contributed by atoms with Crippen molar-refractivity contribution < 1.29 is 0 Å². The maximum absolute atomic E-state index is 5.93. The van der Waals surface area contributed by atoms with Gasteiger partial charge in [0.25, 0.3) is 0 Å². The maximum atomic E-state index is 5.93. The minimum atomic E-state index is 0.701. The SMILES string of the molecule is C/C=C(/Cl)c1ccc(C)cc1N. The highest BCUT2D eigenvalue weighted by molar-refractivity contribution is 6.49. The molecule has 0 spiro atoms. The minimum absolute atomic E-state index is 0.701. The Morgan fingerprint density at radius 3 is 2.67 bits per heavy atom. The first kappa shape index (κ1) is 9.14. The van der Waals surface area contributed by atoms with Gasteiger partial charge >= 0.3 is 0 Å². The second-order valence-corrected chi connectivity index (χ2v) is 3.13. The number of anilines is 1. The minimum Gasteiger partial charge on any atom is -0.398 e. The maximum Gasteiger partial charge on any atom is 0.0456 e. The number of hydrogen-bond acceptors (Lipinski definition) is 1. The van der Waals surface area contributed by atoms with Crippen LogP contribution < -0.4 is 5.73 Å². The van der Waals surface area contributed by atoms with E-state index in [1.54, 1.807) is 0 Å². The number of allylic oxidation sites excluding steroid dienone is 1. The summed E-state index contributed by atoms with van der Waals surface area (Å²) in [5.74, 6) is 0. The topological polar surface area (TPSA) is 26.0 Å². The Balaban J connectivity index is 3.18. The second kappa shape index (κ2) is 3.63. The summed E-state index contributed by atoms with van der Waals surface area (Å²) < 4.78 is 0. The molecule has 64 valence electrons. The molecule has 0 aliphatic rings. The molecule has 1 nitrogen and oxygen atoms in total. The van der Waals surface area contributed by atoms with Crippen molar-refractivity contribution in [1.29, 1.82) is 0 Å². The Kier molecular flexibility index (Phi) is 2.77. The molecule has 2 heteroatoms. The van der Waals surface area contributed by atoms with Crippen LogP contribution >= 0.6 is 11.6 Å². The summed E-state index contributed by atoms with van der Waals surface area (Å²) in [5.41, 5.74) is 8.56. The Morgan fingerprint density at radius 2 is 2.17 bits per heavy atom. The van der Waals surface area contributed by atoms with E-state index >= 15 is 0 Å². The van der Waals surface area contributed by atoms with E-state index in [1.807, 2.05) is 38.1 Å². The van der Waals surface area contributed by atoms with E-state index in [4.69, 9.17) is 17.3 Å². The Hall–Kier alpha value is -0.950. The molecule has 1 aromatic rings. The van der Waals surface area contributed by atoms with Gasteiger partial charge in [0.15, 0.2) is 0 Å². The molecule has 0 heterocycles. The second-order valence-electron chi connectivity index (χ2n) is 2.73. The van der Waals surface area contributed by atoms with Crippen LogP contribution in [0, 0.1) is 6.92 Å². The van der Waals surface area contributed by atoms with Crippen LogP contribution in [0.4, 0.5) is 5.69 Å². The largest absolute Gasteiger partial charge is 0.398 e. The average Bonchev–Trinajstić information content (AvgIpc) is 2.03. The molecule has 2 N–H and O–H groups in total. The molecule has 0 aliphatic carbocycles. The Labute approximate surface area is 77.8 Å². The zero-order valence-corrected chi connectivity index (χ0v) is 8.02. The van der Waals surface area contributed by atoms with Crippen molar-refractivity contribution in [3.63, 3.8) is 0 Å². The first-order chi connectivity index (χ1) is 5.65. The van der Waals surface area contributed by atoms with Crippen LogP contribution in [0.3, 0.4) is 0 Å². The molecule has 0 amide bonds. The Bertz CT molecular complexity index is 316. The van der Waals surface area contributed by atoms with Crippen molar-refractivity contribution in [2.45, 2.75) is 13.8 Å².